The number of aromatic carboxylic acids is 1. The van der Waals surface area contributed by atoms with Crippen molar-refractivity contribution in [1.82, 2.24) is 4.57 Å². The van der Waals surface area contributed by atoms with Crippen LogP contribution in [0.5, 0.6) is 0 Å². The van der Waals surface area contributed by atoms with Gasteiger partial charge in [-0.05, 0) is 13.0 Å². The number of hydrogen-bond donors (Lipinski definition) is 1. The summed E-state index contributed by atoms with van der Waals surface area (Å²) in [6.07, 6.45) is 1.08. The molecule has 0 aliphatic heterocycles. The van der Waals surface area contributed by atoms with Crippen molar-refractivity contribution < 1.29 is 19.2 Å². The van der Waals surface area contributed by atoms with Gasteiger partial charge in [0.05, 0.1) is 17.7 Å². The van der Waals surface area contributed by atoms with Crippen molar-refractivity contribution in [3.8, 4) is 0 Å². The van der Waals surface area contributed by atoms with Crippen molar-refractivity contribution >= 4 is 11.7 Å². The Morgan fingerprint density at radius 1 is 1.50 bits per heavy atom. The van der Waals surface area contributed by atoms with Gasteiger partial charge in [-0.3, -0.25) is 14.9 Å². The lowest BCUT2D eigenvalue weighted by molar-refractivity contribution is -0.385. The van der Waals surface area contributed by atoms with Gasteiger partial charge >= 0.3 is 5.97 Å². The van der Waals surface area contributed by atoms with E-state index in [0.29, 0.717) is 0 Å². The average molecular weight is 278 g/mol. The van der Waals surface area contributed by atoms with Crippen LogP contribution in [0.2, 0.25) is 0 Å². The predicted molar refractivity (Wildman–Crippen MR) is 66.9 cm³/mol. The standard InChI is InChI=1S/C12H10N2O6/c1-7-10(12(16)17)4-9(20-7)6-13-5-8(14(18)19)2-3-11(13)15/h2-5H,6H2,1H3,(H,16,17). The number of aromatic nitrogens is 1. The van der Waals surface area contributed by atoms with E-state index in [0.717, 1.165) is 22.9 Å². The molecule has 1 N–H and O–H groups in total. The third-order valence-corrected chi connectivity index (χ3v) is 2.70. The second kappa shape index (κ2) is 5.00. The highest BCUT2D eigenvalue weighted by atomic mass is 16.6. The van der Waals surface area contributed by atoms with Crippen LogP contribution in [0.15, 0.2) is 33.6 Å². The Hall–Kier alpha value is -2.90. The normalized spacial score (nSPS) is 10.4. The lowest BCUT2D eigenvalue weighted by Crippen LogP contribution is -2.19. The Morgan fingerprint density at radius 2 is 2.20 bits per heavy atom. The number of carbonyl (C=O) groups is 1. The summed E-state index contributed by atoms with van der Waals surface area (Å²) in [6, 6.07) is 3.48. The van der Waals surface area contributed by atoms with Crippen molar-refractivity contribution in [2.24, 2.45) is 0 Å². The third kappa shape index (κ3) is 2.58. The van der Waals surface area contributed by atoms with Gasteiger partial charge in [0.15, 0.2) is 0 Å². The fourth-order valence-electron chi connectivity index (χ4n) is 1.75. The van der Waals surface area contributed by atoms with Crippen LogP contribution in [0, 0.1) is 17.0 Å². The van der Waals surface area contributed by atoms with E-state index in [1.54, 1.807) is 0 Å². The molecule has 2 heterocycles. The van der Waals surface area contributed by atoms with E-state index in [2.05, 4.69) is 0 Å². The molecule has 0 amide bonds. The number of carboxylic acid groups (broad SMARTS) is 1. The van der Waals surface area contributed by atoms with Crippen LogP contribution in [0.25, 0.3) is 0 Å². The molecule has 0 fully saturated rings. The number of rotatable bonds is 4. The molecule has 0 saturated carbocycles. The van der Waals surface area contributed by atoms with Crippen LogP contribution in [0.3, 0.4) is 0 Å². The van der Waals surface area contributed by atoms with Gasteiger partial charge in [-0.2, -0.15) is 0 Å². The summed E-state index contributed by atoms with van der Waals surface area (Å²) in [5, 5.41) is 19.6. The van der Waals surface area contributed by atoms with E-state index < -0.39 is 16.5 Å². The van der Waals surface area contributed by atoms with Crippen LogP contribution in [-0.4, -0.2) is 20.6 Å². The third-order valence-electron chi connectivity index (χ3n) is 2.70. The summed E-state index contributed by atoms with van der Waals surface area (Å²) < 4.78 is 6.31. The molecular formula is C12H10N2O6. The first-order valence-corrected chi connectivity index (χ1v) is 5.56. The summed E-state index contributed by atoms with van der Waals surface area (Å²) in [6.45, 7) is 1.41. The van der Waals surface area contributed by atoms with E-state index in [1.165, 1.54) is 13.0 Å². The molecule has 0 unspecified atom stereocenters. The second-order valence-corrected chi connectivity index (χ2v) is 4.10. The molecule has 2 rings (SSSR count). The monoisotopic (exact) mass is 278 g/mol. The van der Waals surface area contributed by atoms with E-state index in [4.69, 9.17) is 9.52 Å². The van der Waals surface area contributed by atoms with E-state index in [-0.39, 0.29) is 29.3 Å². The molecule has 0 saturated heterocycles. The van der Waals surface area contributed by atoms with Crippen molar-refractivity contribution in [1.29, 1.82) is 0 Å². The predicted octanol–water partition coefficient (Wildman–Crippen LogP) is 1.40. The maximum atomic E-state index is 11.6. The molecule has 8 heteroatoms. The zero-order valence-corrected chi connectivity index (χ0v) is 10.4. The summed E-state index contributed by atoms with van der Waals surface area (Å²) in [5.41, 5.74) is -0.675. The number of nitrogens with zero attached hydrogens (tertiary/aromatic N) is 2. The molecule has 0 bridgehead atoms. The molecule has 2 aromatic heterocycles. The van der Waals surface area contributed by atoms with Crippen LogP contribution >= 0.6 is 0 Å². The van der Waals surface area contributed by atoms with Gasteiger partial charge in [-0.25, -0.2) is 4.79 Å². The smallest absolute Gasteiger partial charge is 0.339 e. The molecule has 0 aromatic carbocycles. The first kappa shape index (κ1) is 13.5. The fraction of sp³-hybridized carbons (Fsp3) is 0.167. The Balaban J connectivity index is 2.37. The highest BCUT2D eigenvalue weighted by molar-refractivity contribution is 5.88. The molecule has 0 spiro atoms. The van der Waals surface area contributed by atoms with E-state index in [1.807, 2.05) is 0 Å². The number of nitro groups is 1. The lowest BCUT2D eigenvalue weighted by atomic mass is 10.2. The molecular weight excluding hydrogens is 268 g/mol. The number of hydrogen-bond acceptors (Lipinski definition) is 5. The van der Waals surface area contributed by atoms with Crippen molar-refractivity contribution in [2.45, 2.75) is 13.5 Å². The molecule has 2 aromatic rings. The van der Waals surface area contributed by atoms with Gasteiger partial charge in [0, 0.05) is 12.1 Å². The minimum atomic E-state index is -1.14. The Labute approximate surface area is 112 Å². The molecule has 20 heavy (non-hydrogen) atoms. The van der Waals surface area contributed by atoms with Gasteiger partial charge in [0.25, 0.3) is 11.2 Å². The molecule has 8 nitrogen and oxygen atoms in total. The molecule has 0 aliphatic carbocycles. The topological polar surface area (TPSA) is 116 Å². The first-order chi connectivity index (χ1) is 9.38. The maximum absolute atomic E-state index is 11.6. The minimum absolute atomic E-state index is 0.00141. The number of aryl methyl sites for hydroxylation is 1. The lowest BCUT2D eigenvalue weighted by Gasteiger charge is -2.02. The number of pyridine rings is 1. The van der Waals surface area contributed by atoms with Gasteiger partial charge in [0.1, 0.15) is 17.1 Å². The van der Waals surface area contributed by atoms with Crippen LogP contribution < -0.4 is 5.56 Å². The van der Waals surface area contributed by atoms with Crippen molar-refractivity contribution in [3.63, 3.8) is 0 Å². The van der Waals surface area contributed by atoms with Crippen molar-refractivity contribution in [3.05, 3.63) is 61.9 Å². The zero-order chi connectivity index (χ0) is 14.9. The SMILES string of the molecule is Cc1oc(Cn2cc([N+](=O)[O-])ccc2=O)cc1C(=O)O. The quantitative estimate of drug-likeness (QED) is 0.667. The van der Waals surface area contributed by atoms with E-state index in [9.17, 15) is 19.7 Å². The summed E-state index contributed by atoms with van der Waals surface area (Å²) in [7, 11) is 0. The van der Waals surface area contributed by atoms with Gasteiger partial charge in [-0.15, -0.1) is 0 Å². The van der Waals surface area contributed by atoms with E-state index >= 15 is 0 Å². The van der Waals surface area contributed by atoms with Gasteiger partial charge in [0.2, 0.25) is 0 Å². The molecule has 104 valence electrons. The Kier molecular flexibility index (Phi) is 3.38. The van der Waals surface area contributed by atoms with Gasteiger partial charge < -0.3 is 14.1 Å². The van der Waals surface area contributed by atoms with Crippen LogP contribution in [0.4, 0.5) is 5.69 Å². The summed E-state index contributed by atoms with van der Waals surface area (Å²) >= 11 is 0. The average Bonchev–Trinajstić information content (AvgIpc) is 2.73. The number of carboxylic acids is 1. The van der Waals surface area contributed by atoms with Crippen LogP contribution in [-0.2, 0) is 6.54 Å². The molecule has 0 atom stereocenters. The fourth-order valence-corrected chi connectivity index (χ4v) is 1.75. The summed E-state index contributed by atoms with van der Waals surface area (Å²) in [5.74, 6) is -0.683. The highest BCUT2D eigenvalue weighted by Crippen LogP contribution is 2.16. The van der Waals surface area contributed by atoms with Crippen molar-refractivity contribution in [2.75, 3.05) is 0 Å². The second-order valence-electron chi connectivity index (χ2n) is 4.10. The van der Waals surface area contributed by atoms with Crippen LogP contribution in [0.1, 0.15) is 21.9 Å². The minimum Gasteiger partial charge on any atom is -0.478 e. The maximum Gasteiger partial charge on any atom is 0.339 e. The zero-order valence-electron chi connectivity index (χ0n) is 10.4. The first-order valence-electron chi connectivity index (χ1n) is 5.56. The molecule has 0 aliphatic rings. The van der Waals surface area contributed by atoms with Gasteiger partial charge in [-0.1, -0.05) is 0 Å². The largest absolute Gasteiger partial charge is 0.478 e. The Bertz CT molecular complexity index is 743. The Morgan fingerprint density at radius 3 is 2.75 bits per heavy atom. The molecule has 0 radical (unpaired) electrons. The summed E-state index contributed by atoms with van der Waals surface area (Å²) in [4.78, 5) is 32.5. The number of furan rings is 1. The highest BCUT2D eigenvalue weighted by Gasteiger charge is 2.15.